The second-order valence-corrected chi connectivity index (χ2v) is 6.60. The minimum atomic E-state index is -1.35. The number of carboxylic acids is 1. The van der Waals surface area contributed by atoms with Gasteiger partial charge in [0, 0.05) is 12.1 Å². The third-order valence-corrected chi connectivity index (χ3v) is 4.66. The number of amides is 2. The Kier molecular flexibility index (Phi) is 5.04. The number of carboxylic acid groups (broad SMARTS) is 1. The zero-order chi connectivity index (χ0) is 19.6. The molecule has 0 spiro atoms. The summed E-state index contributed by atoms with van der Waals surface area (Å²) in [5.41, 5.74) is 0.720. The predicted molar refractivity (Wildman–Crippen MR) is 95.4 cm³/mol. The standard InChI is InChI=1S/C18H12N2O6S/c21-16-15(9-11-3-2-6-14(8-11)20(25)26)27-18(24)19(16)10-12-4-1-5-13(7-12)17(22)23/h1-9H,10H2,(H,22,23)/p-1/b15-9-. The number of hydrogen-bond donors (Lipinski definition) is 0. The highest BCUT2D eigenvalue weighted by Crippen LogP contribution is 2.33. The van der Waals surface area contributed by atoms with Crippen molar-refractivity contribution in [2.24, 2.45) is 0 Å². The van der Waals surface area contributed by atoms with Crippen molar-refractivity contribution < 1.29 is 24.4 Å². The number of nitro groups is 1. The van der Waals surface area contributed by atoms with Gasteiger partial charge in [-0.2, -0.15) is 0 Å². The SMILES string of the molecule is O=C([O-])c1cccc(CN2C(=O)S/C(=C\c3cccc([N+](=O)[O-])c3)C2=O)c1. The van der Waals surface area contributed by atoms with Crippen LogP contribution in [0.1, 0.15) is 21.5 Å². The van der Waals surface area contributed by atoms with Crippen LogP contribution in [0.15, 0.2) is 53.4 Å². The maximum Gasteiger partial charge on any atom is 0.293 e. The van der Waals surface area contributed by atoms with Gasteiger partial charge in [0.05, 0.1) is 22.3 Å². The van der Waals surface area contributed by atoms with Crippen LogP contribution in [0.5, 0.6) is 0 Å². The first-order valence-corrected chi connectivity index (χ1v) is 8.47. The largest absolute Gasteiger partial charge is 0.545 e. The molecule has 136 valence electrons. The van der Waals surface area contributed by atoms with Crippen LogP contribution in [0.3, 0.4) is 0 Å². The molecule has 0 aromatic heterocycles. The van der Waals surface area contributed by atoms with Crippen molar-refractivity contribution in [1.82, 2.24) is 4.90 Å². The molecule has 0 unspecified atom stereocenters. The minimum Gasteiger partial charge on any atom is -0.545 e. The van der Waals surface area contributed by atoms with Crippen molar-refractivity contribution >= 4 is 40.6 Å². The van der Waals surface area contributed by atoms with Gasteiger partial charge >= 0.3 is 0 Å². The van der Waals surface area contributed by atoms with Crippen LogP contribution in [-0.4, -0.2) is 26.9 Å². The zero-order valence-electron chi connectivity index (χ0n) is 13.7. The molecule has 0 bridgehead atoms. The Morgan fingerprint density at radius 3 is 2.59 bits per heavy atom. The molecule has 0 radical (unpaired) electrons. The van der Waals surface area contributed by atoms with E-state index in [2.05, 4.69) is 0 Å². The molecule has 2 aromatic rings. The smallest absolute Gasteiger partial charge is 0.293 e. The number of thioether (sulfide) groups is 1. The fourth-order valence-corrected chi connectivity index (χ4v) is 3.33. The third-order valence-electron chi connectivity index (χ3n) is 3.76. The summed E-state index contributed by atoms with van der Waals surface area (Å²) >= 11 is 0.721. The normalized spacial score (nSPS) is 15.4. The maximum absolute atomic E-state index is 12.5. The summed E-state index contributed by atoms with van der Waals surface area (Å²) in [5, 5.41) is 21.3. The van der Waals surface area contributed by atoms with E-state index in [4.69, 9.17) is 0 Å². The van der Waals surface area contributed by atoms with Crippen LogP contribution < -0.4 is 5.11 Å². The van der Waals surface area contributed by atoms with E-state index in [0.717, 1.165) is 16.7 Å². The quantitative estimate of drug-likeness (QED) is 0.441. The topological polar surface area (TPSA) is 121 Å². The molecule has 1 fully saturated rings. The Hall–Kier alpha value is -3.46. The second kappa shape index (κ2) is 7.42. The molecular weight excluding hydrogens is 372 g/mol. The van der Waals surface area contributed by atoms with Gasteiger partial charge in [-0.25, -0.2) is 0 Å². The van der Waals surface area contributed by atoms with E-state index in [9.17, 15) is 29.6 Å². The van der Waals surface area contributed by atoms with Gasteiger partial charge in [0.15, 0.2) is 0 Å². The fraction of sp³-hybridized carbons (Fsp3) is 0.0556. The molecule has 0 N–H and O–H groups in total. The van der Waals surface area contributed by atoms with Gasteiger partial charge in [0.2, 0.25) is 0 Å². The predicted octanol–water partition coefficient (Wildman–Crippen LogP) is 2.19. The van der Waals surface area contributed by atoms with Crippen molar-refractivity contribution in [3.05, 3.63) is 80.2 Å². The first-order chi connectivity index (χ1) is 12.8. The van der Waals surface area contributed by atoms with E-state index in [1.807, 2.05) is 0 Å². The van der Waals surface area contributed by atoms with Crippen molar-refractivity contribution in [2.75, 3.05) is 0 Å². The Labute approximate surface area is 157 Å². The van der Waals surface area contributed by atoms with Crippen molar-refractivity contribution in [2.45, 2.75) is 6.54 Å². The molecule has 0 saturated carbocycles. The lowest BCUT2D eigenvalue weighted by Gasteiger charge is -2.13. The number of benzene rings is 2. The molecule has 1 saturated heterocycles. The Morgan fingerprint density at radius 2 is 1.89 bits per heavy atom. The number of aromatic carboxylic acids is 1. The molecule has 0 aliphatic carbocycles. The van der Waals surface area contributed by atoms with Gasteiger partial charge in [-0.1, -0.05) is 30.3 Å². The lowest BCUT2D eigenvalue weighted by atomic mass is 10.1. The van der Waals surface area contributed by atoms with E-state index < -0.39 is 22.0 Å². The third kappa shape index (κ3) is 4.04. The van der Waals surface area contributed by atoms with Crippen LogP contribution in [0.25, 0.3) is 6.08 Å². The summed E-state index contributed by atoms with van der Waals surface area (Å²) in [7, 11) is 0. The lowest BCUT2D eigenvalue weighted by Crippen LogP contribution is -2.28. The molecule has 2 amide bonds. The average molecular weight is 383 g/mol. The monoisotopic (exact) mass is 383 g/mol. The minimum absolute atomic E-state index is 0.0494. The number of non-ortho nitro benzene ring substituents is 1. The van der Waals surface area contributed by atoms with Crippen molar-refractivity contribution in [3.8, 4) is 0 Å². The van der Waals surface area contributed by atoms with Crippen LogP contribution in [0, 0.1) is 10.1 Å². The number of nitro benzene ring substituents is 1. The molecule has 1 aliphatic heterocycles. The van der Waals surface area contributed by atoms with Crippen molar-refractivity contribution in [1.29, 1.82) is 0 Å². The summed E-state index contributed by atoms with van der Waals surface area (Å²) < 4.78 is 0. The van der Waals surface area contributed by atoms with E-state index in [1.165, 1.54) is 42.5 Å². The molecule has 0 atom stereocenters. The first-order valence-electron chi connectivity index (χ1n) is 7.65. The average Bonchev–Trinajstić information content (AvgIpc) is 2.89. The van der Waals surface area contributed by atoms with Crippen LogP contribution in [0.2, 0.25) is 0 Å². The highest BCUT2D eigenvalue weighted by Gasteiger charge is 2.35. The molecular formula is C18H11N2O6S-. The maximum atomic E-state index is 12.5. The second-order valence-electron chi connectivity index (χ2n) is 5.61. The van der Waals surface area contributed by atoms with Gasteiger partial charge in [-0.3, -0.25) is 24.6 Å². The Bertz CT molecular complexity index is 1000. The van der Waals surface area contributed by atoms with Crippen LogP contribution >= 0.6 is 11.8 Å². The number of hydrogen-bond acceptors (Lipinski definition) is 7. The molecule has 1 aliphatic rings. The first kappa shape index (κ1) is 18.3. The van der Waals surface area contributed by atoms with E-state index in [0.29, 0.717) is 11.1 Å². The van der Waals surface area contributed by atoms with E-state index >= 15 is 0 Å². The van der Waals surface area contributed by atoms with Gasteiger partial charge in [0.25, 0.3) is 16.8 Å². The lowest BCUT2D eigenvalue weighted by molar-refractivity contribution is -0.384. The number of rotatable bonds is 5. The van der Waals surface area contributed by atoms with Gasteiger partial charge in [-0.05, 0) is 40.6 Å². The molecule has 9 heteroatoms. The zero-order valence-corrected chi connectivity index (χ0v) is 14.5. The highest BCUT2D eigenvalue weighted by atomic mass is 32.2. The molecule has 2 aromatic carbocycles. The van der Waals surface area contributed by atoms with Crippen LogP contribution in [0.4, 0.5) is 10.5 Å². The Balaban J connectivity index is 1.83. The summed E-state index contributed by atoms with van der Waals surface area (Å²) in [6.07, 6.45) is 1.41. The Morgan fingerprint density at radius 1 is 1.15 bits per heavy atom. The van der Waals surface area contributed by atoms with E-state index in [1.54, 1.807) is 12.1 Å². The van der Waals surface area contributed by atoms with Crippen molar-refractivity contribution in [3.63, 3.8) is 0 Å². The number of nitrogens with zero attached hydrogens (tertiary/aromatic N) is 2. The van der Waals surface area contributed by atoms with Gasteiger partial charge in [-0.15, -0.1) is 0 Å². The van der Waals surface area contributed by atoms with Crippen LogP contribution in [-0.2, 0) is 11.3 Å². The number of carbonyl (C=O) groups is 3. The summed E-state index contributed by atoms with van der Waals surface area (Å²) in [6, 6.07) is 11.5. The molecule has 3 rings (SSSR count). The molecule has 8 nitrogen and oxygen atoms in total. The molecule has 1 heterocycles. The fourth-order valence-electron chi connectivity index (χ4n) is 2.50. The number of imide groups is 1. The number of carbonyl (C=O) groups excluding carboxylic acids is 3. The highest BCUT2D eigenvalue weighted by molar-refractivity contribution is 8.18. The van der Waals surface area contributed by atoms with Gasteiger partial charge in [0.1, 0.15) is 0 Å². The van der Waals surface area contributed by atoms with Gasteiger partial charge < -0.3 is 9.90 Å². The summed E-state index contributed by atoms with van der Waals surface area (Å²) in [4.78, 5) is 47.0. The van der Waals surface area contributed by atoms with E-state index in [-0.39, 0.29) is 22.7 Å². The summed E-state index contributed by atoms with van der Waals surface area (Å²) in [5.74, 6) is -1.90. The summed E-state index contributed by atoms with van der Waals surface area (Å²) in [6.45, 7) is -0.0853. The molecule has 27 heavy (non-hydrogen) atoms.